The number of hydrogen-bond acceptors (Lipinski definition) is 4. The molecule has 1 unspecified atom stereocenters. The number of carbonyl (C=O) groups is 1. The highest BCUT2D eigenvalue weighted by Crippen LogP contribution is 2.16. The monoisotopic (exact) mass is 335 g/mol. The van der Waals surface area contributed by atoms with Crippen molar-refractivity contribution in [1.82, 2.24) is 4.72 Å². The van der Waals surface area contributed by atoms with Crippen LogP contribution in [-0.2, 0) is 14.8 Å². The number of halogens is 1. The molecule has 4 N–H and O–H groups in total. The molecular formula is C13H22ClN3O3S. The first-order chi connectivity index (χ1) is 9.40. The van der Waals surface area contributed by atoms with E-state index in [1.165, 1.54) is 12.1 Å². The number of hydrogen-bond donors (Lipinski definition) is 3. The van der Waals surface area contributed by atoms with Gasteiger partial charge in [0.25, 0.3) is 0 Å². The number of nitrogens with one attached hydrogen (secondary N) is 2. The summed E-state index contributed by atoms with van der Waals surface area (Å²) in [6.07, 6.45) is 0.724. The van der Waals surface area contributed by atoms with Crippen LogP contribution in [0.5, 0.6) is 0 Å². The van der Waals surface area contributed by atoms with E-state index in [0.717, 1.165) is 6.42 Å². The number of anilines is 1. The molecule has 1 aromatic carbocycles. The normalized spacial score (nSPS) is 12.3. The van der Waals surface area contributed by atoms with Gasteiger partial charge in [0.1, 0.15) is 0 Å². The van der Waals surface area contributed by atoms with E-state index >= 15 is 0 Å². The maximum atomic E-state index is 11.9. The van der Waals surface area contributed by atoms with Crippen molar-refractivity contribution in [3.05, 3.63) is 24.3 Å². The van der Waals surface area contributed by atoms with E-state index < -0.39 is 10.0 Å². The van der Waals surface area contributed by atoms with Gasteiger partial charge in [0.05, 0.1) is 4.90 Å². The Morgan fingerprint density at radius 1 is 1.38 bits per heavy atom. The quantitative estimate of drug-likeness (QED) is 0.699. The maximum absolute atomic E-state index is 11.9. The van der Waals surface area contributed by atoms with Gasteiger partial charge in [-0.25, -0.2) is 13.1 Å². The number of sulfonamides is 1. The molecule has 0 heterocycles. The van der Waals surface area contributed by atoms with Gasteiger partial charge in [-0.3, -0.25) is 4.79 Å². The number of rotatable bonds is 7. The van der Waals surface area contributed by atoms with Crippen molar-refractivity contribution in [3.63, 3.8) is 0 Å². The van der Waals surface area contributed by atoms with Crippen LogP contribution < -0.4 is 15.8 Å². The molecule has 0 aliphatic carbocycles. The minimum absolute atomic E-state index is 0. The van der Waals surface area contributed by atoms with Gasteiger partial charge in [0.15, 0.2) is 0 Å². The highest BCUT2D eigenvalue weighted by atomic mass is 35.5. The molecular weight excluding hydrogens is 314 g/mol. The van der Waals surface area contributed by atoms with E-state index in [9.17, 15) is 13.2 Å². The fourth-order valence-electron chi connectivity index (χ4n) is 1.47. The fraction of sp³-hybridized carbons (Fsp3) is 0.462. The lowest BCUT2D eigenvalue weighted by Crippen LogP contribution is -2.29. The van der Waals surface area contributed by atoms with Crippen LogP contribution in [0.15, 0.2) is 29.2 Å². The number of carbonyl (C=O) groups excluding carboxylic acids is 1. The SMILES string of the molecule is CCC(C)C(=O)Nc1cccc(S(=O)(=O)NCCN)c1.Cl. The largest absolute Gasteiger partial charge is 0.329 e. The minimum Gasteiger partial charge on any atom is -0.329 e. The van der Waals surface area contributed by atoms with Gasteiger partial charge >= 0.3 is 0 Å². The van der Waals surface area contributed by atoms with Crippen molar-refractivity contribution in [2.75, 3.05) is 18.4 Å². The van der Waals surface area contributed by atoms with Crippen molar-refractivity contribution >= 4 is 34.0 Å². The molecule has 1 rings (SSSR count). The molecule has 1 amide bonds. The molecule has 0 spiro atoms. The Kier molecular flexibility index (Phi) is 8.50. The topological polar surface area (TPSA) is 101 Å². The lowest BCUT2D eigenvalue weighted by atomic mass is 10.1. The highest BCUT2D eigenvalue weighted by molar-refractivity contribution is 7.89. The van der Waals surface area contributed by atoms with Crippen molar-refractivity contribution in [2.24, 2.45) is 11.7 Å². The Morgan fingerprint density at radius 2 is 2.05 bits per heavy atom. The van der Waals surface area contributed by atoms with E-state index in [2.05, 4.69) is 10.0 Å². The molecule has 21 heavy (non-hydrogen) atoms. The predicted molar refractivity (Wildman–Crippen MR) is 86.0 cm³/mol. The average Bonchev–Trinajstić information content (AvgIpc) is 2.44. The Morgan fingerprint density at radius 3 is 2.62 bits per heavy atom. The molecule has 0 fully saturated rings. The average molecular weight is 336 g/mol. The molecule has 0 aromatic heterocycles. The summed E-state index contributed by atoms with van der Waals surface area (Å²) in [7, 11) is -3.59. The van der Waals surface area contributed by atoms with Gasteiger partial charge in [-0.1, -0.05) is 19.9 Å². The Hall–Kier alpha value is -1.15. The first kappa shape index (κ1) is 19.9. The van der Waals surface area contributed by atoms with Crippen LogP contribution in [0.2, 0.25) is 0 Å². The van der Waals surface area contributed by atoms with E-state index in [4.69, 9.17) is 5.73 Å². The lowest BCUT2D eigenvalue weighted by molar-refractivity contribution is -0.119. The second kappa shape index (κ2) is 8.99. The van der Waals surface area contributed by atoms with Crippen molar-refractivity contribution in [2.45, 2.75) is 25.2 Å². The first-order valence-corrected chi connectivity index (χ1v) is 7.99. The number of nitrogens with two attached hydrogens (primary N) is 1. The summed E-state index contributed by atoms with van der Waals surface area (Å²) >= 11 is 0. The number of benzene rings is 1. The van der Waals surface area contributed by atoms with Crippen LogP contribution in [-0.4, -0.2) is 27.4 Å². The summed E-state index contributed by atoms with van der Waals surface area (Å²) in [5, 5.41) is 2.71. The molecule has 0 aliphatic rings. The molecule has 1 atom stereocenters. The van der Waals surface area contributed by atoms with E-state index in [1.54, 1.807) is 12.1 Å². The van der Waals surface area contributed by atoms with E-state index in [-0.39, 0.29) is 42.2 Å². The van der Waals surface area contributed by atoms with Gasteiger partial charge in [-0.15, -0.1) is 12.4 Å². The highest BCUT2D eigenvalue weighted by Gasteiger charge is 2.15. The third-order valence-electron chi connectivity index (χ3n) is 2.91. The zero-order valence-electron chi connectivity index (χ0n) is 12.1. The third kappa shape index (κ3) is 6.01. The van der Waals surface area contributed by atoms with Crippen LogP contribution in [0, 0.1) is 5.92 Å². The van der Waals surface area contributed by atoms with Crippen molar-refractivity contribution in [3.8, 4) is 0 Å². The predicted octanol–water partition coefficient (Wildman–Crippen LogP) is 1.33. The summed E-state index contributed by atoms with van der Waals surface area (Å²) in [6.45, 7) is 4.13. The Bertz CT molecular complexity index is 564. The van der Waals surface area contributed by atoms with Gasteiger partial charge in [-0.2, -0.15) is 0 Å². The molecule has 8 heteroatoms. The Balaban J connectivity index is 0.00000400. The molecule has 6 nitrogen and oxygen atoms in total. The second-order valence-electron chi connectivity index (χ2n) is 4.51. The van der Waals surface area contributed by atoms with Crippen LogP contribution in [0.25, 0.3) is 0 Å². The lowest BCUT2D eigenvalue weighted by Gasteiger charge is -2.11. The zero-order valence-corrected chi connectivity index (χ0v) is 13.8. The maximum Gasteiger partial charge on any atom is 0.240 e. The van der Waals surface area contributed by atoms with Gasteiger partial charge in [0.2, 0.25) is 15.9 Å². The first-order valence-electron chi connectivity index (χ1n) is 6.51. The Labute approximate surface area is 132 Å². The molecule has 0 radical (unpaired) electrons. The summed E-state index contributed by atoms with van der Waals surface area (Å²) in [5.41, 5.74) is 5.74. The van der Waals surface area contributed by atoms with Crippen LogP contribution in [0.3, 0.4) is 0 Å². The van der Waals surface area contributed by atoms with Crippen molar-refractivity contribution < 1.29 is 13.2 Å². The molecule has 0 bridgehead atoms. The summed E-state index contributed by atoms with van der Waals surface area (Å²) in [6, 6.07) is 6.14. The standard InChI is InChI=1S/C13H21N3O3S.ClH/c1-3-10(2)13(17)16-11-5-4-6-12(9-11)20(18,19)15-8-7-14;/h4-6,9-10,15H,3,7-8,14H2,1-2H3,(H,16,17);1H. The smallest absolute Gasteiger partial charge is 0.240 e. The van der Waals surface area contributed by atoms with Crippen LogP contribution in [0.4, 0.5) is 5.69 Å². The molecule has 0 saturated heterocycles. The summed E-state index contributed by atoms with van der Waals surface area (Å²) < 4.78 is 26.3. The molecule has 120 valence electrons. The second-order valence-corrected chi connectivity index (χ2v) is 6.28. The van der Waals surface area contributed by atoms with E-state index in [0.29, 0.717) is 5.69 Å². The van der Waals surface area contributed by atoms with Crippen LogP contribution in [0.1, 0.15) is 20.3 Å². The third-order valence-corrected chi connectivity index (χ3v) is 4.37. The van der Waals surface area contributed by atoms with Crippen LogP contribution >= 0.6 is 12.4 Å². The van der Waals surface area contributed by atoms with Crippen molar-refractivity contribution in [1.29, 1.82) is 0 Å². The molecule has 0 aliphatic heterocycles. The zero-order chi connectivity index (χ0) is 15.2. The van der Waals surface area contributed by atoms with E-state index in [1.807, 2.05) is 13.8 Å². The minimum atomic E-state index is -3.59. The fourth-order valence-corrected chi connectivity index (χ4v) is 2.56. The van der Waals surface area contributed by atoms with Gasteiger partial charge < -0.3 is 11.1 Å². The summed E-state index contributed by atoms with van der Waals surface area (Å²) in [5.74, 6) is -0.248. The molecule has 0 saturated carbocycles. The van der Waals surface area contributed by atoms with Gasteiger partial charge in [0, 0.05) is 24.7 Å². The summed E-state index contributed by atoms with van der Waals surface area (Å²) in [4.78, 5) is 11.9. The number of amides is 1. The van der Waals surface area contributed by atoms with Gasteiger partial charge in [-0.05, 0) is 24.6 Å². The molecule has 1 aromatic rings.